The zero-order valence-corrected chi connectivity index (χ0v) is 18.2. The van der Waals surface area contributed by atoms with Gasteiger partial charge in [-0.3, -0.25) is 4.68 Å². The third-order valence-electron chi connectivity index (χ3n) is 8.29. The van der Waals surface area contributed by atoms with E-state index in [1.807, 2.05) is 17.9 Å². The molecule has 158 valence electrons. The van der Waals surface area contributed by atoms with Gasteiger partial charge in [0.1, 0.15) is 5.82 Å². The molecular formula is C22H33ClN6. The van der Waals surface area contributed by atoms with Crippen molar-refractivity contribution in [3.05, 3.63) is 23.9 Å². The highest BCUT2D eigenvalue weighted by molar-refractivity contribution is 5.85. The van der Waals surface area contributed by atoms with Crippen LogP contribution in [0.2, 0.25) is 0 Å². The molecule has 0 unspecified atom stereocenters. The molecule has 4 bridgehead atoms. The summed E-state index contributed by atoms with van der Waals surface area (Å²) in [6.07, 6.45) is 14.6. The molecule has 0 spiro atoms. The van der Waals surface area contributed by atoms with E-state index in [0.29, 0.717) is 12.0 Å². The number of aromatic nitrogens is 5. The molecule has 0 atom stereocenters. The van der Waals surface area contributed by atoms with Crippen LogP contribution in [0.3, 0.4) is 0 Å². The van der Waals surface area contributed by atoms with Crippen LogP contribution in [0.4, 0.5) is 0 Å². The molecule has 5 fully saturated rings. The number of nitrogens with two attached hydrogens (primary N) is 1. The summed E-state index contributed by atoms with van der Waals surface area (Å²) < 4.78 is 4.05. The third-order valence-corrected chi connectivity index (χ3v) is 8.29. The van der Waals surface area contributed by atoms with Crippen LogP contribution >= 0.6 is 12.4 Å². The van der Waals surface area contributed by atoms with E-state index in [2.05, 4.69) is 15.8 Å². The molecule has 0 radical (unpaired) electrons. The minimum absolute atomic E-state index is 0. The highest BCUT2D eigenvalue weighted by atomic mass is 35.5. The molecular weight excluding hydrogens is 384 g/mol. The Hall–Kier alpha value is -1.40. The Balaban J connectivity index is 0.00000181. The van der Waals surface area contributed by atoms with Crippen molar-refractivity contribution in [2.75, 3.05) is 0 Å². The van der Waals surface area contributed by atoms with Crippen LogP contribution in [-0.2, 0) is 12.5 Å². The van der Waals surface area contributed by atoms with Crippen molar-refractivity contribution in [3.8, 4) is 5.82 Å². The van der Waals surface area contributed by atoms with E-state index in [9.17, 15) is 0 Å². The van der Waals surface area contributed by atoms with Crippen LogP contribution in [0.1, 0.15) is 81.8 Å². The second-order valence-corrected chi connectivity index (χ2v) is 10.3. The summed E-state index contributed by atoms with van der Waals surface area (Å²) in [6.45, 7) is 0. The zero-order valence-electron chi connectivity index (χ0n) is 17.3. The molecule has 7 rings (SSSR count). The van der Waals surface area contributed by atoms with Crippen molar-refractivity contribution >= 4 is 12.4 Å². The Kier molecular flexibility index (Phi) is 4.78. The molecule has 0 aliphatic heterocycles. The Morgan fingerprint density at radius 2 is 1.62 bits per heavy atom. The lowest BCUT2D eigenvalue weighted by Crippen LogP contribution is -2.49. The molecule has 5 aliphatic rings. The van der Waals surface area contributed by atoms with Crippen molar-refractivity contribution < 1.29 is 0 Å². The summed E-state index contributed by atoms with van der Waals surface area (Å²) in [5, 5.41) is 9.61. The lowest BCUT2D eigenvalue weighted by molar-refractivity contribution is -0.00937. The van der Waals surface area contributed by atoms with Gasteiger partial charge in [-0.25, -0.2) is 4.98 Å². The summed E-state index contributed by atoms with van der Waals surface area (Å²) in [7, 11) is 2.00. The molecule has 5 saturated carbocycles. The maximum atomic E-state index is 6.18. The van der Waals surface area contributed by atoms with Gasteiger partial charge >= 0.3 is 0 Å². The molecule has 6 nitrogen and oxygen atoms in total. The number of aryl methyl sites for hydroxylation is 1. The quantitative estimate of drug-likeness (QED) is 0.823. The fraction of sp³-hybridized carbons (Fsp3) is 0.773. The molecule has 0 amide bonds. The van der Waals surface area contributed by atoms with Gasteiger partial charge in [0, 0.05) is 30.5 Å². The van der Waals surface area contributed by atoms with Crippen LogP contribution in [0.25, 0.3) is 5.82 Å². The second kappa shape index (κ2) is 7.09. The zero-order chi connectivity index (χ0) is 18.9. The van der Waals surface area contributed by atoms with Gasteiger partial charge in [-0.1, -0.05) is 0 Å². The van der Waals surface area contributed by atoms with Gasteiger partial charge in [0.2, 0.25) is 0 Å². The van der Waals surface area contributed by atoms with E-state index in [1.54, 1.807) is 0 Å². The lowest BCUT2D eigenvalue weighted by Gasteiger charge is -2.55. The average molecular weight is 417 g/mol. The third kappa shape index (κ3) is 3.14. The monoisotopic (exact) mass is 416 g/mol. The van der Waals surface area contributed by atoms with Crippen LogP contribution in [-0.4, -0.2) is 30.6 Å². The molecule has 2 heterocycles. The fourth-order valence-electron chi connectivity index (χ4n) is 7.32. The summed E-state index contributed by atoms with van der Waals surface area (Å²) in [5.41, 5.74) is 6.42. The van der Waals surface area contributed by atoms with Gasteiger partial charge in [0.15, 0.2) is 11.6 Å². The molecule has 29 heavy (non-hydrogen) atoms. The topological polar surface area (TPSA) is 74.5 Å². The van der Waals surface area contributed by atoms with Crippen molar-refractivity contribution in [2.45, 2.75) is 81.6 Å². The minimum Gasteiger partial charge on any atom is -0.328 e. The highest BCUT2D eigenvalue weighted by Crippen LogP contribution is 2.60. The van der Waals surface area contributed by atoms with Gasteiger partial charge in [-0.15, -0.1) is 17.5 Å². The van der Waals surface area contributed by atoms with Crippen LogP contribution in [0.5, 0.6) is 0 Å². The van der Waals surface area contributed by atoms with Crippen molar-refractivity contribution in [3.63, 3.8) is 0 Å². The van der Waals surface area contributed by atoms with Gasteiger partial charge in [0.05, 0.1) is 6.20 Å². The first-order chi connectivity index (χ1) is 13.6. The normalized spacial score (nSPS) is 38.2. The average Bonchev–Trinajstić information content (AvgIpc) is 3.28. The molecule has 2 N–H and O–H groups in total. The van der Waals surface area contributed by atoms with Crippen LogP contribution < -0.4 is 5.73 Å². The summed E-state index contributed by atoms with van der Waals surface area (Å²) >= 11 is 0. The van der Waals surface area contributed by atoms with E-state index < -0.39 is 0 Å². The maximum absolute atomic E-state index is 6.18. The molecule has 7 heteroatoms. The van der Waals surface area contributed by atoms with Gasteiger partial charge in [-0.2, -0.15) is 9.78 Å². The van der Waals surface area contributed by atoms with Gasteiger partial charge in [-0.05, 0) is 82.0 Å². The SMILES string of the molecule is Cl.Cn1nccc1-n1nc(C23CC4CC(CC(C4)C2)C3)nc1C1CCC(N)CC1. The molecule has 2 aromatic heterocycles. The number of halogens is 1. The first-order valence-corrected chi connectivity index (χ1v) is 11.3. The first-order valence-electron chi connectivity index (χ1n) is 11.3. The number of hydrogen-bond acceptors (Lipinski definition) is 4. The number of hydrogen-bond donors (Lipinski definition) is 1. The standard InChI is InChI=1S/C22H32N6.ClH/c1-27-19(6-7-24-27)28-20(17-2-4-18(23)5-3-17)25-21(26-28)22-11-14-8-15(12-22)10-16(9-14)13-22;/h6-7,14-18H,2-5,8-13,23H2,1H3;1H. The van der Waals surface area contributed by atoms with Crippen molar-refractivity contribution in [1.82, 2.24) is 24.5 Å². The Bertz CT molecular complexity index is 842. The molecule has 2 aromatic rings. The first kappa shape index (κ1) is 19.6. The smallest absolute Gasteiger partial charge is 0.157 e. The molecule has 5 aliphatic carbocycles. The summed E-state index contributed by atoms with van der Waals surface area (Å²) in [4.78, 5) is 5.32. The van der Waals surface area contributed by atoms with E-state index in [1.165, 1.54) is 38.5 Å². The highest BCUT2D eigenvalue weighted by Gasteiger charge is 2.53. The fourth-order valence-corrected chi connectivity index (χ4v) is 7.32. The van der Waals surface area contributed by atoms with Crippen LogP contribution in [0.15, 0.2) is 12.3 Å². The maximum Gasteiger partial charge on any atom is 0.157 e. The lowest BCUT2D eigenvalue weighted by atomic mass is 9.49. The predicted octanol–water partition coefficient (Wildman–Crippen LogP) is 3.88. The van der Waals surface area contributed by atoms with Gasteiger partial charge in [0.25, 0.3) is 0 Å². The van der Waals surface area contributed by atoms with Crippen molar-refractivity contribution in [2.24, 2.45) is 30.5 Å². The van der Waals surface area contributed by atoms with E-state index in [-0.39, 0.29) is 17.8 Å². The second-order valence-electron chi connectivity index (χ2n) is 10.3. The summed E-state index contributed by atoms with van der Waals surface area (Å²) in [5.74, 6) is 6.51. The van der Waals surface area contributed by atoms with Gasteiger partial charge < -0.3 is 5.73 Å². The Morgan fingerprint density at radius 1 is 1.00 bits per heavy atom. The predicted molar refractivity (Wildman–Crippen MR) is 114 cm³/mol. The largest absolute Gasteiger partial charge is 0.328 e. The van der Waals surface area contributed by atoms with E-state index >= 15 is 0 Å². The van der Waals surface area contributed by atoms with E-state index in [0.717, 1.165) is 60.9 Å². The Labute approximate surface area is 179 Å². The summed E-state index contributed by atoms with van der Waals surface area (Å²) in [6, 6.07) is 2.42. The molecule has 0 aromatic carbocycles. The van der Waals surface area contributed by atoms with Crippen LogP contribution in [0, 0.1) is 17.8 Å². The van der Waals surface area contributed by atoms with E-state index in [4.69, 9.17) is 15.8 Å². The Morgan fingerprint density at radius 3 is 2.17 bits per heavy atom. The molecule has 0 saturated heterocycles. The van der Waals surface area contributed by atoms with Crippen molar-refractivity contribution in [1.29, 1.82) is 0 Å². The number of nitrogens with zero attached hydrogens (tertiary/aromatic N) is 5. The minimum atomic E-state index is 0. The number of rotatable bonds is 3.